The second-order valence-electron chi connectivity index (χ2n) is 5.47. The lowest BCUT2D eigenvalue weighted by Gasteiger charge is -2.35. The van der Waals surface area contributed by atoms with Crippen LogP contribution in [0, 0.1) is 12.8 Å². The number of aryl methyl sites for hydroxylation is 2. The molecule has 1 aliphatic rings. The Morgan fingerprint density at radius 2 is 2.20 bits per heavy atom. The van der Waals surface area contributed by atoms with Crippen LogP contribution < -0.4 is 0 Å². The van der Waals surface area contributed by atoms with Gasteiger partial charge >= 0.3 is 5.97 Å². The molecule has 110 valence electrons. The minimum absolute atomic E-state index is 0.230. The highest BCUT2D eigenvalue weighted by Gasteiger charge is 2.36. The van der Waals surface area contributed by atoms with Crippen molar-refractivity contribution in [2.75, 3.05) is 6.54 Å². The number of amides is 1. The van der Waals surface area contributed by atoms with Crippen molar-refractivity contribution >= 4 is 11.9 Å². The maximum atomic E-state index is 12.6. The van der Waals surface area contributed by atoms with Crippen molar-refractivity contribution in [2.24, 2.45) is 5.92 Å². The zero-order valence-corrected chi connectivity index (χ0v) is 12.2. The van der Waals surface area contributed by atoms with Crippen molar-refractivity contribution in [2.45, 2.75) is 46.2 Å². The Kier molecular flexibility index (Phi) is 4.11. The van der Waals surface area contributed by atoms with E-state index in [1.807, 2.05) is 20.8 Å². The third-order valence-corrected chi connectivity index (χ3v) is 3.83. The number of hydrogen-bond donors (Lipinski definition) is 1. The Balaban J connectivity index is 2.28. The number of carboxylic acids is 1. The van der Waals surface area contributed by atoms with Crippen LogP contribution in [0.5, 0.6) is 0 Å². The van der Waals surface area contributed by atoms with Crippen LogP contribution in [0.25, 0.3) is 0 Å². The second kappa shape index (κ2) is 5.64. The van der Waals surface area contributed by atoms with Gasteiger partial charge in [-0.3, -0.25) is 9.48 Å². The fourth-order valence-corrected chi connectivity index (χ4v) is 2.72. The molecule has 1 aliphatic heterocycles. The van der Waals surface area contributed by atoms with Crippen LogP contribution in [0.1, 0.15) is 42.9 Å². The predicted octanol–water partition coefficient (Wildman–Crippen LogP) is 1.54. The van der Waals surface area contributed by atoms with E-state index in [1.54, 1.807) is 10.7 Å². The maximum Gasteiger partial charge on any atom is 0.326 e. The van der Waals surface area contributed by atoms with Crippen LogP contribution in [0.4, 0.5) is 0 Å². The molecule has 1 N–H and O–H groups in total. The summed E-state index contributed by atoms with van der Waals surface area (Å²) in [6.45, 7) is 6.85. The van der Waals surface area contributed by atoms with Gasteiger partial charge in [0.1, 0.15) is 11.7 Å². The quantitative estimate of drug-likeness (QED) is 0.910. The molecule has 0 spiro atoms. The zero-order valence-electron chi connectivity index (χ0n) is 12.2. The van der Waals surface area contributed by atoms with E-state index in [9.17, 15) is 14.7 Å². The van der Waals surface area contributed by atoms with Gasteiger partial charge in [0.25, 0.3) is 5.91 Å². The molecular formula is C14H21N3O3. The van der Waals surface area contributed by atoms with Gasteiger partial charge in [0.15, 0.2) is 0 Å². The SMILES string of the molecule is CCn1nc(C)cc1C(=O)N1CCC(C)CC1C(=O)O. The topological polar surface area (TPSA) is 75.4 Å². The summed E-state index contributed by atoms with van der Waals surface area (Å²) in [5.74, 6) is -0.825. The molecular weight excluding hydrogens is 258 g/mol. The van der Waals surface area contributed by atoms with Crippen LogP contribution in [-0.2, 0) is 11.3 Å². The molecule has 20 heavy (non-hydrogen) atoms. The molecule has 2 unspecified atom stereocenters. The Hall–Kier alpha value is -1.85. The average molecular weight is 279 g/mol. The number of carboxylic acid groups (broad SMARTS) is 1. The first-order chi connectivity index (χ1) is 9.43. The highest BCUT2D eigenvalue weighted by molar-refractivity contribution is 5.95. The molecule has 1 aromatic rings. The van der Waals surface area contributed by atoms with Gasteiger partial charge in [-0.15, -0.1) is 0 Å². The predicted molar refractivity (Wildman–Crippen MR) is 73.5 cm³/mol. The number of piperidine rings is 1. The van der Waals surface area contributed by atoms with Crippen LogP contribution in [0.2, 0.25) is 0 Å². The molecule has 1 saturated heterocycles. The lowest BCUT2D eigenvalue weighted by atomic mass is 9.92. The molecule has 1 aromatic heterocycles. The summed E-state index contributed by atoms with van der Waals surface area (Å²) in [5.41, 5.74) is 1.25. The summed E-state index contributed by atoms with van der Waals surface area (Å²) in [4.78, 5) is 25.5. The number of nitrogens with zero attached hydrogens (tertiary/aromatic N) is 3. The summed E-state index contributed by atoms with van der Waals surface area (Å²) in [6, 6.07) is 0.995. The standard InChI is InChI=1S/C14H21N3O3/c1-4-17-11(8-10(3)15-17)13(18)16-6-5-9(2)7-12(16)14(19)20/h8-9,12H,4-7H2,1-3H3,(H,19,20). The summed E-state index contributed by atoms with van der Waals surface area (Å²) >= 11 is 0. The van der Waals surface area contributed by atoms with Crippen LogP contribution in [0.3, 0.4) is 0 Å². The molecule has 0 saturated carbocycles. The van der Waals surface area contributed by atoms with Gasteiger partial charge in [-0.1, -0.05) is 6.92 Å². The van der Waals surface area contributed by atoms with E-state index in [0.29, 0.717) is 31.1 Å². The number of carbonyl (C=O) groups is 2. The van der Waals surface area contributed by atoms with E-state index in [-0.39, 0.29) is 5.91 Å². The summed E-state index contributed by atoms with van der Waals surface area (Å²) < 4.78 is 1.63. The largest absolute Gasteiger partial charge is 0.480 e. The normalized spacial score (nSPS) is 22.9. The van der Waals surface area contributed by atoms with E-state index >= 15 is 0 Å². The molecule has 1 fully saturated rings. The molecule has 0 radical (unpaired) electrons. The highest BCUT2D eigenvalue weighted by atomic mass is 16.4. The Morgan fingerprint density at radius 1 is 1.50 bits per heavy atom. The van der Waals surface area contributed by atoms with Gasteiger partial charge in [0.05, 0.1) is 5.69 Å². The number of aliphatic carboxylic acids is 1. The summed E-state index contributed by atoms with van der Waals surface area (Å²) in [6.07, 6.45) is 1.36. The number of aromatic nitrogens is 2. The Bertz CT molecular complexity index is 524. The van der Waals surface area contributed by atoms with E-state index in [4.69, 9.17) is 0 Å². The van der Waals surface area contributed by atoms with Crippen LogP contribution in [0.15, 0.2) is 6.07 Å². The summed E-state index contributed by atoms with van der Waals surface area (Å²) in [7, 11) is 0. The van der Waals surface area contributed by atoms with E-state index in [0.717, 1.165) is 12.1 Å². The van der Waals surface area contributed by atoms with Crippen molar-refractivity contribution in [3.63, 3.8) is 0 Å². The second-order valence-corrected chi connectivity index (χ2v) is 5.47. The lowest BCUT2D eigenvalue weighted by Crippen LogP contribution is -2.50. The van der Waals surface area contributed by atoms with E-state index in [2.05, 4.69) is 5.10 Å². The molecule has 2 rings (SSSR count). The van der Waals surface area contributed by atoms with Crippen molar-refractivity contribution < 1.29 is 14.7 Å². The van der Waals surface area contributed by atoms with Crippen molar-refractivity contribution in [3.05, 3.63) is 17.5 Å². The fourth-order valence-electron chi connectivity index (χ4n) is 2.72. The highest BCUT2D eigenvalue weighted by Crippen LogP contribution is 2.24. The molecule has 0 aliphatic carbocycles. The third-order valence-electron chi connectivity index (χ3n) is 3.83. The smallest absolute Gasteiger partial charge is 0.326 e. The average Bonchev–Trinajstić information content (AvgIpc) is 2.79. The number of likely N-dealkylation sites (tertiary alicyclic amines) is 1. The van der Waals surface area contributed by atoms with Gasteiger partial charge in [-0.25, -0.2) is 4.79 Å². The minimum Gasteiger partial charge on any atom is -0.480 e. The molecule has 6 heteroatoms. The third kappa shape index (κ3) is 2.69. The lowest BCUT2D eigenvalue weighted by molar-refractivity contribution is -0.144. The van der Waals surface area contributed by atoms with E-state index < -0.39 is 12.0 Å². The van der Waals surface area contributed by atoms with Crippen LogP contribution in [-0.4, -0.2) is 44.3 Å². The van der Waals surface area contributed by atoms with Gasteiger partial charge in [0.2, 0.25) is 0 Å². The maximum absolute atomic E-state index is 12.6. The van der Waals surface area contributed by atoms with Crippen molar-refractivity contribution in [1.82, 2.24) is 14.7 Å². The first-order valence-electron chi connectivity index (χ1n) is 7.02. The van der Waals surface area contributed by atoms with Crippen molar-refractivity contribution in [1.29, 1.82) is 0 Å². The van der Waals surface area contributed by atoms with Crippen LogP contribution >= 0.6 is 0 Å². The minimum atomic E-state index is -0.927. The first-order valence-corrected chi connectivity index (χ1v) is 7.02. The van der Waals surface area contributed by atoms with Gasteiger partial charge in [-0.2, -0.15) is 5.10 Å². The molecule has 0 bridgehead atoms. The Labute approximate surface area is 118 Å². The summed E-state index contributed by atoms with van der Waals surface area (Å²) in [5, 5.41) is 13.6. The number of hydrogen-bond acceptors (Lipinski definition) is 3. The van der Waals surface area contributed by atoms with Gasteiger partial charge in [0, 0.05) is 13.1 Å². The number of carbonyl (C=O) groups excluding carboxylic acids is 1. The fraction of sp³-hybridized carbons (Fsp3) is 0.643. The first kappa shape index (κ1) is 14.6. The van der Waals surface area contributed by atoms with Crippen molar-refractivity contribution in [3.8, 4) is 0 Å². The monoisotopic (exact) mass is 279 g/mol. The zero-order chi connectivity index (χ0) is 14.9. The van der Waals surface area contributed by atoms with E-state index in [1.165, 1.54) is 4.90 Å². The molecule has 2 heterocycles. The molecule has 2 atom stereocenters. The Morgan fingerprint density at radius 3 is 2.80 bits per heavy atom. The molecule has 6 nitrogen and oxygen atoms in total. The van der Waals surface area contributed by atoms with Gasteiger partial charge < -0.3 is 10.0 Å². The molecule has 1 amide bonds. The van der Waals surface area contributed by atoms with Gasteiger partial charge in [-0.05, 0) is 38.7 Å². The number of rotatable bonds is 3. The molecule has 0 aromatic carbocycles.